The van der Waals surface area contributed by atoms with Crippen LogP contribution in [0.15, 0.2) is 95.8 Å². The first-order chi connectivity index (χ1) is 19.8. The molecule has 0 bridgehead atoms. The quantitative estimate of drug-likeness (QED) is 0.0420. The molecular formula is C35H52N4O2. The van der Waals surface area contributed by atoms with Crippen molar-refractivity contribution in [1.29, 1.82) is 5.26 Å². The van der Waals surface area contributed by atoms with Gasteiger partial charge in [-0.05, 0) is 69.1 Å². The fourth-order valence-corrected chi connectivity index (χ4v) is 4.83. The van der Waals surface area contributed by atoms with Crippen LogP contribution in [0.5, 0.6) is 0 Å². The Morgan fingerprint density at radius 2 is 1.88 bits per heavy atom. The van der Waals surface area contributed by atoms with Crippen LogP contribution in [0.1, 0.15) is 78.7 Å². The molecular weight excluding hydrogens is 508 g/mol. The molecule has 1 aromatic carbocycles. The Morgan fingerprint density at radius 1 is 1.24 bits per heavy atom. The molecule has 0 atom stereocenters. The molecule has 0 aromatic heterocycles. The topological polar surface area (TPSA) is 86.5 Å². The Balaban J connectivity index is 0.00000205. The molecule has 1 aliphatic carbocycles. The van der Waals surface area contributed by atoms with Crippen molar-refractivity contribution < 1.29 is 9.53 Å². The fraction of sp³-hybridized carbons (Fsp3) is 0.457. The molecule has 0 unspecified atom stereocenters. The van der Waals surface area contributed by atoms with E-state index in [2.05, 4.69) is 60.0 Å². The van der Waals surface area contributed by atoms with Crippen molar-refractivity contribution in [2.45, 2.75) is 78.6 Å². The molecule has 0 aliphatic heterocycles. The maximum Gasteiger partial charge on any atom is 0.255 e. The smallest absolute Gasteiger partial charge is 0.255 e. The number of aliphatic imine (C=N–C) groups is 1. The molecule has 1 amide bonds. The number of hydrogen-bond acceptors (Lipinski definition) is 4. The molecule has 2 N–H and O–H groups in total. The molecule has 0 heterocycles. The minimum Gasteiger partial charge on any atom is -0.496 e. The van der Waals surface area contributed by atoms with Gasteiger partial charge in [-0.25, -0.2) is 0 Å². The van der Waals surface area contributed by atoms with Crippen LogP contribution in [0.3, 0.4) is 0 Å². The lowest BCUT2D eigenvalue weighted by Crippen LogP contribution is -2.44. The van der Waals surface area contributed by atoms with Crippen LogP contribution in [-0.4, -0.2) is 32.4 Å². The maximum atomic E-state index is 13.3. The van der Waals surface area contributed by atoms with Gasteiger partial charge in [-0.1, -0.05) is 88.6 Å². The second kappa shape index (κ2) is 21.9. The van der Waals surface area contributed by atoms with Crippen LogP contribution in [0.2, 0.25) is 0 Å². The molecule has 1 fully saturated rings. The van der Waals surface area contributed by atoms with E-state index >= 15 is 0 Å². The van der Waals surface area contributed by atoms with E-state index in [1.54, 1.807) is 39.3 Å². The number of amidine groups is 1. The van der Waals surface area contributed by atoms with E-state index in [4.69, 9.17) is 10.00 Å². The van der Waals surface area contributed by atoms with Gasteiger partial charge in [0.2, 0.25) is 0 Å². The number of carbonyl (C=O) groups is 1. The predicted molar refractivity (Wildman–Crippen MR) is 174 cm³/mol. The molecule has 0 saturated heterocycles. The summed E-state index contributed by atoms with van der Waals surface area (Å²) in [7, 11) is 3.25. The first kappa shape index (κ1) is 37.1. The highest BCUT2D eigenvalue weighted by Gasteiger charge is 2.37. The fourth-order valence-electron chi connectivity index (χ4n) is 4.83. The Bertz CT molecular complexity index is 1080. The zero-order chi connectivity index (χ0) is 31.1. The summed E-state index contributed by atoms with van der Waals surface area (Å²) in [5.74, 6) is 1.43. The zero-order valence-corrected chi connectivity index (χ0v) is 26.4. The summed E-state index contributed by atoms with van der Waals surface area (Å²) in [6.45, 7) is 18.1. The van der Waals surface area contributed by atoms with Crippen molar-refractivity contribution in [3.8, 4) is 6.19 Å². The third-order valence-corrected chi connectivity index (χ3v) is 6.96. The Kier molecular flexibility index (Phi) is 19.9. The number of rotatable bonds is 11. The highest BCUT2D eigenvalue weighted by atomic mass is 16.5. The summed E-state index contributed by atoms with van der Waals surface area (Å²) in [4.78, 5) is 17.5. The van der Waals surface area contributed by atoms with Crippen LogP contribution in [0, 0.1) is 17.4 Å². The molecule has 41 heavy (non-hydrogen) atoms. The van der Waals surface area contributed by atoms with Gasteiger partial charge < -0.3 is 10.1 Å². The van der Waals surface area contributed by atoms with E-state index in [-0.39, 0.29) is 11.3 Å². The van der Waals surface area contributed by atoms with Gasteiger partial charge in [-0.3, -0.25) is 15.1 Å². The lowest BCUT2D eigenvalue weighted by molar-refractivity contribution is -0.117. The standard InChI is InChI=1S/C28H36N4O2.C5H10.C2H6/c1-6-7-13-24(34-5)26(21(2)3)27(33)31-19-28(23-11-9-8-10-12-23)16-14-22(15-17-28)18-25(30-4)32-20-29;1-3-5-4-2;1-2/h6-13,22H,1-2,14-19H2,3-5H3,(H,30,32)(H,31,33);3,5H,4H2,1-2H3;1-2H3/b13-7-,26-24-;5-3-;. The number of amides is 1. The highest BCUT2D eigenvalue weighted by Crippen LogP contribution is 2.42. The van der Waals surface area contributed by atoms with Gasteiger partial charge in [0.05, 0.1) is 12.7 Å². The molecule has 6 nitrogen and oxygen atoms in total. The van der Waals surface area contributed by atoms with Crippen molar-refractivity contribution in [3.63, 3.8) is 0 Å². The van der Waals surface area contributed by atoms with Crippen molar-refractivity contribution >= 4 is 11.7 Å². The van der Waals surface area contributed by atoms with Crippen molar-refractivity contribution in [2.24, 2.45) is 10.9 Å². The van der Waals surface area contributed by atoms with E-state index in [0.717, 1.165) is 44.4 Å². The molecule has 2 rings (SSSR count). The van der Waals surface area contributed by atoms with Gasteiger partial charge in [-0.15, -0.1) is 0 Å². The average Bonchev–Trinajstić information content (AvgIpc) is 3.00. The number of hydrogen-bond donors (Lipinski definition) is 2. The largest absolute Gasteiger partial charge is 0.496 e. The monoisotopic (exact) mass is 560 g/mol. The number of benzene rings is 1. The van der Waals surface area contributed by atoms with E-state index in [9.17, 15) is 4.79 Å². The van der Waals surface area contributed by atoms with Gasteiger partial charge in [0.1, 0.15) is 11.6 Å². The van der Waals surface area contributed by atoms with E-state index in [0.29, 0.717) is 29.4 Å². The van der Waals surface area contributed by atoms with Crippen molar-refractivity contribution in [3.05, 3.63) is 96.3 Å². The number of methoxy groups -OCH3 is 1. The number of carbonyl (C=O) groups excluding carboxylic acids is 1. The predicted octanol–water partition coefficient (Wildman–Crippen LogP) is 7.94. The van der Waals surface area contributed by atoms with Crippen LogP contribution < -0.4 is 10.6 Å². The second-order valence-electron chi connectivity index (χ2n) is 9.68. The van der Waals surface area contributed by atoms with Crippen LogP contribution in [0.4, 0.5) is 0 Å². The number of ether oxygens (including phenoxy) is 1. The van der Waals surface area contributed by atoms with E-state index < -0.39 is 0 Å². The third-order valence-electron chi connectivity index (χ3n) is 6.96. The van der Waals surface area contributed by atoms with Crippen LogP contribution in [0.25, 0.3) is 0 Å². The summed E-state index contributed by atoms with van der Waals surface area (Å²) < 4.78 is 5.46. The highest BCUT2D eigenvalue weighted by molar-refractivity contribution is 5.98. The molecule has 6 heteroatoms. The lowest BCUT2D eigenvalue weighted by atomic mass is 9.66. The van der Waals surface area contributed by atoms with Gasteiger partial charge in [-0.2, -0.15) is 5.26 Å². The number of nitriles is 1. The van der Waals surface area contributed by atoms with Crippen molar-refractivity contribution in [2.75, 3.05) is 20.7 Å². The Morgan fingerprint density at radius 3 is 2.32 bits per heavy atom. The summed E-state index contributed by atoms with van der Waals surface area (Å²) in [5, 5.41) is 14.8. The number of allylic oxidation sites excluding steroid dienone is 5. The molecule has 1 saturated carbocycles. The number of nitrogens with zero attached hydrogens (tertiary/aromatic N) is 2. The van der Waals surface area contributed by atoms with Gasteiger partial charge >= 0.3 is 0 Å². The van der Waals surface area contributed by atoms with Crippen LogP contribution >= 0.6 is 0 Å². The average molecular weight is 561 g/mol. The first-order valence-electron chi connectivity index (χ1n) is 14.6. The maximum absolute atomic E-state index is 13.3. The van der Waals surface area contributed by atoms with Gasteiger partial charge in [0.15, 0.2) is 6.19 Å². The second-order valence-corrected chi connectivity index (χ2v) is 9.68. The lowest BCUT2D eigenvalue weighted by Gasteiger charge is -2.41. The minimum absolute atomic E-state index is 0.163. The SMILES string of the molecule is C/C=C\CC.C=C/C=C\C(OC)=C(/C(=C)C)C(=O)NCC1(c2ccccc2)CCC(CC(=NC)NC#N)CC1.CC. The minimum atomic E-state index is -0.200. The Labute approximate surface area is 249 Å². The van der Waals surface area contributed by atoms with E-state index in [1.807, 2.05) is 45.2 Å². The Hall–Kier alpha value is -3.85. The molecule has 1 aromatic rings. The normalized spacial score (nSPS) is 19.0. The summed E-state index contributed by atoms with van der Waals surface area (Å²) in [6.07, 6.45) is 17.0. The molecule has 1 aliphatic rings. The van der Waals surface area contributed by atoms with Crippen LogP contribution in [-0.2, 0) is 14.9 Å². The summed E-state index contributed by atoms with van der Waals surface area (Å²) in [5.41, 5.74) is 2.14. The van der Waals surface area contributed by atoms with Gasteiger partial charge in [0, 0.05) is 25.4 Å². The zero-order valence-electron chi connectivity index (χ0n) is 26.4. The number of nitrogens with one attached hydrogen (secondary N) is 2. The summed E-state index contributed by atoms with van der Waals surface area (Å²) >= 11 is 0. The summed E-state index contributed by atoms with van der Waals surface area (Å²) in [6, 6.07) is 10.4. The molecule has 0 radical (unpaired) electrons. The molecule has 0 spiro atoms. The van der Waals surface area contributed by atoms with E-state index in [1.165, 1.54) is 5.56 Å². The van der Waals surface area contributed by atoms with Gasteiger partial charge in [0.25, 0.3) is 5.91 Å². The first-order valence-corrected chi connectivity index (χ1v) is 14.6. The molecule has 224 valence electrons. The van der Waals surface area contributed by atoms with Crippen molar-refractivity contribution in [1.82, 2.24) is 10.6 Å². The third kappa shape index (κ3) is 12.9.